The first-order valence-electron chi connectivity index (χ1n) is 13.2. The van der Waals surface area contributed by atoms with Crippen LogP contribution in [-0.4, -0.2) is 33.8 Å². The summed E-state index contributed by atoms with van der Waals surface area (Å²) in [6, 6.07) is 27.8. The molecule has 0 saturated carbocycles. The lowest BCUT2D eigenvalue weighted by Crippen LogP contribution is -2.31. The summed E-state index contributed by atoms with van der Waals surface area (Å²) in [5.41, 5.74) is 1.63. The Labute approximate surface area is 264 Å². The number of nitro groups is 1. The predicted octanol–water partition coefficient (Wildman–Crippen LogP) is 6.19. The van der Waals surface area contributed by atoms with Crippen molar-refractivity contribution in [2.75, 3.05) is 10.2 Å². The van der Waals surface area contributed by atoms with Crippen molar-refractivity contribution in [1.29, 1.82) is 0 Å². The Hall–Kier alpha value is -5.07. The van der Waals surface area contributed by atoms with E-state index in [1.165, 1.54) is 36.0 Å². The number of carbonyl (C=O) groups excluding carboxylic acids is 4. The zero-order valence-electron chi connectivity index (χ0n) is 22.8. The fourth-order valence-electron chi connectivity index (χ4n) is 4.37. The van der Waals surface area contributed by atoms with Gasteiger partial charge in [-0.3, -0.25) is 29.3 Å². The summed E-state index contributed by atoms with van der Waals surface area (Å²) in [5.74, 6) is -1.86. The molecule has 0 radical (unpaired) electrons. The maximum atomic E-state index is 13.4. The van der Waals surface area contributed by atoms with Crippen LogP contribution < -0.4 is 15.5 Å². The Balaban J connectivity index is 1.31. The Morgan fingerprint density at radius 3 is 2.32 bits per heavy atom. The molecule has 1 aliphatic rings. The molecule has 0 aliphatic carbocycles. The molecule has 10 nitrogen and oxygen atoms in total. The minimum Gasteiger partial charge on any atom is -0.321 e. The first kappa shape index (κ1) is 30.4. The molecular weight excluding hydrogens is 648 g/mol. The van der Waals surface area contributed by atoms with Gasteiger partial charge in [0.05, 0.1) is 15.9 Å². The minimum atomic E-state index is -0.721. The quantitative estimate of drug-likeness (QED) is 0.0937. The van der Waals surface area contributed by atoms with Gasteiger partial charge in [0.15, 0.2) is 0 Å². The summed E-state index contributed by atoms with van der Waals surface area (Å²) in [7, 11) is 0. The number of anilines is 2. The van der Waals surface area contributed by atoms with Crippen LogP contribution in [0.15, 0.2) is 118 Å². The zero-order chi connectivity index (χ0) is 31.2. The van der Waals surface area contributed by atoms with Crippen LogP contribution in [-0.2, 0) is 14.4 Å². The molecule has 1 unspecified atom stereocenters. The van der Waals surface area contributed by atoms with Crippen molar-refractivity contribution >= 4 is 74.5 Å². The van der Waals surface area contributed by atoms with E-state index >= 15 is 0 Å². The van der Waals surface area contributed by atoms with Crippen LogP contribution in [0.25, 0.3) is 6.08 Å². The maximum Gasteiger partial charge on any atom is 0.272 e. The maximum absolute atomic E-state index is 13.4. The zero-order valence-corrected chi connectivity index (χ0v) is 25.2. The number of hydrogen-bond donors (Lipinski definition) is 2. The van der Waals surface area contributed by atoms with Crippen molar-refractivity contribution in [2.45, 2.75) is 16.6 Å². The first-order valence-corrected chi connectivity index (χ1v) is 14.9. The second kappa shape index (κ2) is 13.5. The number of amides is 4. The molecule has 1 heterocycles. The standard InChI is InChI=1S/C32H23BrN4O6S/c33-22-11-9-20(10-12-22)17-27(35-30(39)21-5-2-1-3-6-21)31(40)34-23-7-4-8-26(18-23)44-28-19-29(38)36(32(28)41)24-13-15-25(16-14-24)37(42)43/h1-18,28H,19H2,(H,34,40)(H,35,39). The van der Waals surface area contributed by atoms with E-state index in [1.54, 1.807) is 72.8 Å². The highest BCUT2D eigenvalue weighted by Crippen LogP contribution is 2.35. The third-order valence-electron chi connectivity index (χ3n) is 6.50. The van der Waals surface area contributed by atoms with Gasteiger partial charge in [0, 0.05) is 39.2 Å². The minimum absolute atomic E-state index is 0.0227. The average Bonchev–Trinajstić information content (AvgIpc) is 3.30. The van der Waals surface area contributed by atoms with E-state index in [0.29, 0.717) is 21.7 Å². The highest BCUT2D eigenvalue weighted by molar-refractivity contribution is 9.10. The second-order valence-corrected chi connectivity index (χ2v) is 11.8. The van der Waals surface area contributed by atoms with E-state index < -0.39 is 33.8 Å². The first-order chi connectivity index (χ1) is 21.2. The molecule has 220 valence electrons. The summed E-state index contributed by atoms with van der Waals surface area (Å²) in [6.07, 6.45) is 1.51. The van der Waals surface area contributed by atoms with Gasteiger partial charge in [-0.15, -0.1) is 11.8 Å². The van der Waals surface area contributed by atoms with Crippen LogP contribution in [0.3, 0.4) is 0 Å². The number of imide groups is 1. The number of thioether (sulfide) groups is 1. The Morgan fingerprint density at radius 2 is 1.64 bits per heavy atom. The summed E-state index contributed by atoms with van der Waals surface area (Å²) in [4.78, 5) is 64.2. The van der Waals surface area contributed by atoms with E-state index in [1.807, 2.05) is 12.1 Å². The molecule has 12 heteroatoms. The summed E-state index contributed by atoms with van der Waals surface area (Å²) >= 11 is 4.56. The van der Waals surface area contributed by atoms with Gasteiger partial charge < -0.3 is 10.6 Å². The van der Waals surface area contributed by atoms with E-state index in [0.717, 1.165) is 9.37 Å². The van der Waals surface area contributed by atoms with Gasteiger partial charge in [-0.2, -0.15) is 0 Å². The Morgan fingerprint density at radius 1 is 0.932 bits per heavy atom. The Bertz CT molecular complexity index is 1780. The van der Waals surface area contributed by atoms with Crippen LogP contribution >= 0.6 is 27.7 Å². The number of rotatable bonds is 9. The van der Waals surface area contributed by atoms with E-state index in [9.17, 15) is 29.3 Å². The molecule has 0 bridgehead atoms. The van der Waals surface area contributed by atoms with E-state index in [-0.39, 0.29) is 23.5 Å². The summed E-state index contributed by atoms with van der Waals surface area (Å²) in [5, 5.41) is 15.7. The highest BCUT2D eigenvalue weighted by Gasteiger charge is 2.40. The molecule has 4 aromatic carbocycles. The van der Waals surface area contributed by atoms with Gasteiger partial charge in [0.1, 0.15) is 5.70 Å². The van der Waals surface area contributed by atoms with Gasteiger partial charge in [-0.1, -0.05) is 52.3 Å². The number of carbonyl (C=O) groups is 4. The molecule has 1 fully saturated rings. The van der Waals surface area contributed by atoms with Crippen molar-refractivity contribution in [2.24, 2.45) is 0 Å². The van der Waals surface area contributed by atoms with Crippen molar-refractivity contribution in [3.05, 3.63) is 135 Å². The number of nitrogens with one attached hydrogen (secondary N) is 2. The Kier molecular flexibility index (Phi) is 9.32. The number of nitrogens with zero attached hydrogens (tertiary/aromatic N) is 2. The third kappa shape index (κ3) is 7.28. The SMILES string of the molecule is O=C(Nc1cccc(SC2CC(=O)N(c3ccc([N+](=O)[O-])cc3)C2=O)c1)C(=Cc1ccc(Br)cc1)NC(=O)c1ccccc1. The summed E-state index contributed by atoms with van der Waals surface area (Å²) < 4.78 is 0.863. The number of hydrogen-bond acceptors (Lipinski definition) is 7. The average molecular weight is 672 g/mol. The lowest BCUT2D eigenvalue weighted by molar-refractivity contribution is -0.384. The topological polar surface area (TPSA) is 139 Å². The second-order valence-electron chi connectivity index (χ2n) is 9.56. The van der Waals surface area contributed by atoms with Gasteiger partial charge in [-0.25, -0.2) is 4.90 Å². The van der Waals surface area contributed by atoms with E-state index in [2.05, 4.69) is 26.6 Å². The number of nitro benzene ring substituents is 1. The number of halogens is 1. The normalized spacial score (nSPS) is 14.8. The van der Waals surface area contributed by atoms with Gasteiger partial charge in [0.25, 0.3) is 17.5 Å². The number of benzene rings is 4. The van der Waals surface area contributed by atoms with Gasteiger partial charge >= 0.3 is 0 Å². The van der Waals surface area contributed by atoms with Crippen LogP contribution in [0.5, 0.6) is 0 Å². The van der Waals surface area contributed by atoms with Crippen LogP contribution in [0.2, 0.25) is 0 Å². The smallest absolute Gasteiger partial charge is 0.272 e. The largest absolute Gasteiger partial charge is 0.321 e. The molecule has 1 atom stereocenters. The van der Waals surface area contributed by atoms with Crippen molar-refractivity contribution in [1.82, 2.24) is 5.32 Å². The summed E-state index contributed by atoms with van der Waals surface area (Å²) in [6.45, 7) is 0. The molecule has 4 amide bonds. The molecule has 0 spiro atoms. The lowest BCUT2D eigenvalue weighted by atomic mass is 10.1. The fourth-order valence-corrected chi connectivity index (χ4v) is 5.75. The molecule has 1 saturated heterocycles. The molecule has 4 aromatic rings. The number of non-ortho nitro benzene ring substituents is 1. The van der Waals surface area contributed by atoms with Gasteiger partial charge in [0.2, 0.25) is 11.8 Å². The molecule has 1 aliphatic heterocycles. The third-order valence-corrected chi connectivity index (χ3v) is 8.21. The monoisotopic (exact) mass is 670 g/mol. The molecule has 0 aromatic heterocycles. The lowest BCUT2D eigenvalue weighted by Gasteiger charge is -2.15. The van der Waals surface area contributed by atoms with Crippen molar-refractivity contribution in [3.63, 3.8) is 0 Å². The van der Waals surface area contributed by atoms with Crippen molar-refractivity contribution in [3.8, 4) is 0 Å². The molecule has 44 heavy (non-hydrogen) atoms. The highest BCUT2D eigenvalue weighted by atomic mass is 79.9. The van der Waals surface area contributed by atoms with E-state index in [4.69, 9.17) is 0 Å². The van der Waals surface area contributed by atoms with Crippen molar-refractivity contribution < 1.29 is 24.1 Å². The van der Waals surface area contributed by atoms with Crippen LogP contribution in [0.4, 0.5) is 17.1 Å². The molecule has 2 N–H and O–H groups in total. The fraction of sp³-hybridized carbons (Fsp3) is 0.0625. The van der Waals surface area contributed by atoms with Crippen LogP contribution in [0.1, 0.15) is 22.3 Å². The van der Waals surface area contributed by atoms with Crippen LogP contribution in [0, 0.1) is 10.1 Å². The molecule has 5 rings (SSSR count). The molecular formula is C32H23BrN4O6S. The van der Waals surface area contributed by atoms with Gasteiger partial charge in [-0.05, 0) is 66.2 Å². The predicted molar refractivity (Wildman–Crippen MR) is 171 cm³/mol.